The van der Waals surface area contributed by atoms with Crippen molar-refractivity contribution in [3.63, 3.8) is 0 Å². The van der Waals surface area contributed by atoms with Crippen molar-refractivity contribution >= 4 is 60.7 Å². The highest BCUT2D eigenvalue weighted by atomic mass is 35.5. The number of anilines is 1. The minimum Gasteiger partial charge on any atom is -0.416 e. The van der Waals surface area contributed by atoms with E-state index in [1.807, 2.05) is 12.1 Å². The Bertz CT molecular complexity index is 978. The SMILES string of the molecule is CC(C)(C)[Si](C)(C)OCCc1ccccc1NC(=O)NC(=O)c1cc(Cl)c(Cl)nc1Cl. The Morgan fingerprint density at radius 2 is 1.74 bits per heavy atom. The number of para-hydroxylation sites is 1. The van der Waals surface area contributed by atoms with Crippen molar-refractivity contribution in [3.8, 4) is 0 Å². The minimum atomic E-state index is -1.86. The van der Waals surface area contributed by atoms with Crippen molar-refractivity contribution in [2.75, 3.05) is 11.9 Å². The van der Waals surface area contributed by atoms with Crippen LogP contribution in [0.4, 0.5) is 10.5 Å². The van der Waals surface area contributed by atoms with Gasteiger partial charge in [-0.05, 0) is 42.2 Å². The van der Waals surface area contributed by atoms with Crippen LogP contribution in [-0.4, -0.2) is 31.8 Å². The van der Waals surface area contributed by atoms with Gasteiger partial charge in [-0.25, -0.2) is 9.78 Å². The number of benzene rings is 1. The smallest absolute Gasteiger partial charge is 0.326 e. The van der Waals surface area contributed by atoms with E-state index in [-0.39, 0.29) is 25.9 Å². The molecule has 1 aromatic carbocycles. The number of nitrogens with zero attached hydrogens (tertiary/aromatic N) is 1. The highest BCUT2D eigenvalue weighted by Crippen LogP contribution is 2.36. The molecule has 0 aliphatic carbocycles. The Kier molecular flexibility index (Phi) is 8.52. The second kappa shape index (κ2) is 10.3. The van der Waals surface area contributed by atoms with Crippen molar-refractivity contribution in [2.45, 2.75) is 45.3 Å². The lowest BCUT2D eigenvalue weighted by molar-refractivity contribution is 0.0967. The molecule has 6 nitrogen and oxygen atoms in total. The van der Waals surface area contributed by atoms with Crippen LogP contribution in [0.5, 0.6) is 0 Å². The molecule has 168 valence electrons. The van der Waals surface area contributed by atoms with Crippen LogP contribution in [-0.2, 0) is 10.8 Å². The maximum absolute atomic E-state index is 12.4. The van der Waals surface area contributed by atoms with Gasteiger partial charge in [-0.1, -0.05) is 73.8 Å². The number of halogens is 3. The average Bonchev–Trinajstić information content (AvgIpc) is 2.64. The molecule has 0 atom stereocenters. The molecule has 0 saturated carbocycles. The third kappa shape index (κ3) is 6.92. The zero-order valence-corrected chi connectivity index (χ0v) is 21.4. The molecule has 10 heteroatoms. The lowest BCUT2D eigenvalue weighted by Gasteiger charge is -2.36. The van der Waals surface area contributed by atoms with Crippen LogP contribution >= 0.6 is 34.8 Å². The second-order valence-electron chi connectivity index (χ2n) is 8.52. The summed E-state index contributed by atoms with van der Waals surface area (Å²) in [7, 11) is -1.86. The number of carbonyl (C=O) groups excluding carboxylic acids is 2. The molecular weight excluding hydrogens is 477 g/mol. The first kappa shape index (κ1) is 25.6. The summed E-state index contributed by atoms with van der Waals surface area (Å²) >= 11 is 17.6. The number of urea groups is 1. The van der Waals surface area contributed by atoms with Gasteiger partial charge in [0.15, 0.2) is 8.32 Å². The molecule has 2 N–H and O–H groups in total. The van der Waals surface area contributed by atoms with Gasteiger partial charge in [0.25, 0.3) is 5.91 Å². The van der Waals surface area contributed by atoms with Gasteiger partial charge in [0.05, 0.1) is 10.6 Å². The summed E-state index contributed by atoms with van der Waals surface area (Å²) in [4.78, 5) is 28.5. The molecular formula is C21H26Cl3N3O3Si. The summed E-state index contributed by atoms with van der Waals surface area (Å²) in [5.41, 5.74) is 1.44. The fourth-order valence-electron chi connectivity index (χ4n) is 2.42. The highest BCUT2D eigenvalue weighted by molar-refractivity contribution is 6.74. The van der Waals surface area contributed by atoms with Crippen molar-refractivity contribution in [3.05, 3.63) is 56.8 Å². The Hall–Kier alpha value is -1.64. The molecule has 0 radical (unpaired) electrons. The zero-order valence-electron chi connectivity index (χ0n) is 18.1. The van der Waals surface area contributed by atoms with E-state index in [1.54, 1.807) is 12.1 Å². The predicted octanol–water partition coefficient (Wildman–Crippen LogP) is 6.57. The van der Waals surface area contributed by atoms with Gasteiger partial charge in [-0.15, -0.1) is 0 Å². The monoisotopic (exact) mass is 501 g/mol. The van der Waals surface area contributed by atoms with E-state index in [0.29, 0.717) is 18.7 Å². The number of carbonyl (C=O) groups is 2. The van der Waals surface area contributed by atoms with Crippen LogP contribution < -0.4 is 10.6 Å². The largest absolute Gasteiger partial charge is 0.416 e. The van der Waals surface area contributed by atoms with Gasteiger partial charge in [0, 0.05) is 12.3 Å². The third-order valence-electron chi connectivity index (χ3n) is 5.26. The first-order valence-corrected chi connectivity index (χ1v) is 13.7. The summed E-state index contributed by atoms with van der Waals surface area (Å²) in [6.07, 6.45) is 0.624. The molecule has 0 bridgehead atoms. The summed E-state index contributed by atoms with van der Waals surface area (Å²) in [5, 5.41) is 4.92. The van der Waals surface area contributed by atoms with Crippen LogP contribution in [0.2, 0.25) is 33.5 Å². The fraction of sp³-hybridized carbons (Fsp3) is 0.381. The van der Waals surface area contributed by atoms with Gasteiger partial charge >= 0.3 is 6.03 Å². The van der Waals surface area contributed by atoms with Crippen molar-refractivity contribution in [1.29, 1.82) is 0 Å². The summed E-state index contributed by atoms with van der Waals surface area (Å²) in [6.45, 7) is 11.5. The van der Waals surface area contributed by atoms with Crippen LogP contribution in [0.25, 0.3) is 0 Å². The van der Waals surface area contributed by atoms with E-state index in [0.717, 1.165) is 5.56 Å². The first-order chi connectivity index (χ1) is 14.3. The second-order valence-corrected chi connectivity index (χ2v) is 14.5. The highest BCUT2D eigenvalue weighted by Gasteiger charge is 2.36. The number of amides is 3. The van der Waals surface area contributed by atoms with Gasteiger partial charge < -0.3 is 9.74 Å². The number of hydrogen-bond donors (Lipinski definition) is 2. The standard InChI is InChI=1S/C21H26Cl3N3O3Si/c1-21(2,3)31(4,5)30-11-10-13-8-6-7-9-16(13)25-20(29)27-19(28)14-12-15(22)18(24)26-17(14)23/h6-9,12H,10-11H2,1-5H3,(H2,25,27,28,29). The number of rotatable bonds is 6. The minimum absolute atomic E-state index is 0.0264. The van der Waals surface area contributed by atoms with E-state index in [4.69, 9.17) is 39.2 Å². The number of hydrogen-bond acceptors (Lipinski definition) is 4. The van der Waals surface area contributed by atoms with E-state index >= 15 is 0 Å². The maximum atomic E-state index is 12.4. The van der Waals surface area contributed by atoms with Crippen LogP contribution in [0.3, 0.4) is 0 Å². The van der Waals surface area contributed by atoms with E-state index in [1.165, 1.54) is 6.07 Å². The predicted molar refractivity (Wildman–Crippen MR) is 129 cm³/mol. The maximum Gasteiger partial charge on any atom is 0.326 e. The van der Waals surface area contributed by atoms with Crippen LogP contribution in [0, 0.1) is 0 Å². The molecule has 1 heterocycles. The molecule has 0 unspecified atom stereocenters. The average molecular weight is 503 g/mol. The van der Waals surface area contributed by atoms with Gasteiger partial charge in [0.1, 0.15) is 10.3 Å². The number of nitrogens with one attached hydrogen (secondary N) is 2. The molecule has 0 aliphatic rings. The van der Waals surface area contributed by atoms with E-state index in [2.05, 4.69) is 49.5 Å². The molecule has 0 fully saturated rings. The molecule has 2 aromatic rings. The summed E-state index contributed by atoms with van der Waals surface area (Å²) < 4.78 is 6.23. The van der Waals surface area contributed by atoms with Crippen molar-refractivity contribution in [1.82, 2.24) is 10.3 Å². The van der Waals surface area contributed by atoms with E-state index in [9.17, 15) is 9.59 Å². The Balaban J connectivity index is 2.03. The molecule has 31 heavy (non-hydrogen) atoms. The van der Waals surface area contributed by atoms with Gasteiger partial charge in [-0.3, -0.25) is 10.1 Å². The number of pyridine rings is 1. The van der Waals surface area contributed by atoms with Crippen molar-refractivity contribution < 1.29 is 14.0 Å². The van der Waals surface area contributed by atoms with Crippen LogP contribution in [0.1, 0.15) is 36.7 Å². The number of imide groups is 1. The van der Waals surface area contributed by atoms with Gasteiger partial charge in [-0.2, -0.15) is 0 Å². The van der Waals surface area contributed by atoms with Crippen molar-refractivity contribution in [2.24, 2.45) is 0 Å². The molecule has 3 amide bonds. The normalized spacial score (nSPS) is 11.9. The summed E-state index contributed by atoms with van der Waals surface area (Å²) in [6, 6.07) is 7.91. The molecule has 1 aromatic heterocycles. The van der Waals surface area contributed by atoms with Crippen LogP contribution in [0.15, 0.2) is 30.3 Å². The molecule has 2 rings (SSSR count). The quantitative estimate of drug-likeness (QED) is 0.346. The fourth-order valence-corrected chi connectivity index (χ4v) is 4.03. The summed E-state index contributed by atoms with van der Waals surface area (Å²) in [5.74, 6) is -0.743. The topological polar surface area (TPSA) is 80.3 Å². The molecule has 0 saturated heterocycles. The Labute approximate surface area is 198 Å². The number of aromatic nitrogens is 1. The molecule has 0 spiro atoms. The van der Waals surface area contributed by atoms with E-state index < -0.39 is 20.3 Å². The zero-order chi connectivity index (χ0) is 23.4. The molecule has 0 aliphatic heterocycles. The third-order valence-corrected chi connectivity index (χ3v) is 10.8. The van der Waals surface area contributed by atoms with Gasteiger partial charge in [0.2, 0.25) is 0 Å². The lowest BCUT2D eigenvalue weighted by atomic mass is 10.1. The Morgan fingerprint density at radius 3 is 2.39 bits per heavy atom. The lowest BCUT2D eigenvalue weighted by Crippen LogP contribution is -2.41. The first-order valence-electron chi connectivity index (χ1n) is 9.67. The Morgan fingerprint density at radius 1 is 1.10 bits per heavy atom.